The maximum atomic E-state index is 11.2. The molecule has 0 aromatic heterocycles. The second kappa shape index (κ2) is 5.56. The van der Waals surface area contributed by atoms with Gasteiger partial charge in [-0.1, -0.05) is 20.3 Å². The lowest BCUT2D eigenvalue weighted by molar-refractivity contribution is -0.161. The van der Waals surface area contributed by atoms with Crippen molar-refractivity contribution in [2.75, 3.05) is 14.2 Å². The second-order valence-corrected chi connectivity index (χ2v) is 2.91. The Hall–Kier alpha value is -1.06. The van der Waals surface area contributed by atoms with Crippen LogP contribution in [-0.4, -0.2) is 26.2 Å². The Morgan fingerprint density at radius 1 is 1.15 bits per heavy atom. The number of carbonyl (C=O) groups excluding carboxylic acids is 2. The van der Waals surface area contributed by atoms with Crippen molar-refractivity contribution < 1.29 is 19.1 Å². The summed E-state index contributed by atoms with van der Waals surface area (Å²) in [5, 5.41) is 0. The van der Waals surface area contributed by atoms with Gasteiger partial charge in [-0.2, -0.15) is 0 Å². The lowest BCUT2D eigenvalue weighted by Gasteiger charge is -2.17. The van der Waals surface area contributed by atoms with Crippen LogP contribution in [0.1, 0.15) is 20.3 Å². The molecule has 0 aliphatic heterocycles. The molecule has 0 aromatic rings. The van der Waals surface area contributed by atoms with Crippen LogP contribution in [-0.2, 0) is 19.1 Å². The monoisotopic (exact) mass is 188 g/mol. The molecule has 0 radical (unpaired) electrons. The minimum Gasteiger partial charge on any atom is -0.468 e. The molecule has 0 aromatic carbocycles. The SMILES string of the molecule is CCC(C)C(C(=O)OC)C(=O)OC. The molecule has 0 amide bonds. The summed E-state index contributed by atoms with van der Waals surface area (Å²) < 4.78 is 9.04. The van der Waals surface area contributed by atoms with E-state index in [0.717, 1.165) is 6.42 Å². The van der Waals surface area contributed by atoms with Gasteiger partial charge >= 0.3 is 11.9 Å². The molecule has 0 bridgehead atoms. The van der Waals surface area contributed by atoms with E-state index in [1.807, 2.05) is 13.8 Å². The molecule has 0 heterocycles. The Balaban J connectivity index is 4.54. The van der Waals surface area contributed by atoms with Gasteiger partial charge in [0.15, 0.2) is 5.92 Å². The zero-order valence-electron chi connectivity index (χ0n) is 8.49. The summed E-state index contributed by atoms with van der Waals surface area (Å²) >= 11 is 0. The maximum Gasteiger partial charge on any atom is 0.320 e. The lowest BCUT2D eigenvalue weighted by Crippen LogP contribution is -2.31. The van der Waals surface area contributed by atoms with Gasteiger partial charge < -0.3 is 9.47 Å². The molecule has 1 unspecified atom stereocenters. The molecule has 0 rings (SSSR count). The van der Waals surface area contributed by atoms with E-state index in [1.54, 1.807) is 0 Å². The summed E-state index contributed by atoms with van der Waals surface area (Å²) in [7, 11) is 2.53. The first-order valence-corrected chi connectivity index (χ1v) is 4.24. The third-order valence-electron chi connectivity index (χ3n) is 2.12. The number of hydrogen-bond donors (Lipinski definition) is 0. The van der Waals surface area contributed by atoms with E-state index in [-0.39, 0.29) is 5.92 Å². The smallest absolute Gasteiger partial charge is 0.320 e. The minimum atomic E-state index is -0.792. The molecule has 0 aliphatic carbocycles. The standard InChI is InChI=1S/C9H16O4/c1-5-6(2)7(8(10)12-3)9(11)13-4/h6-7H,5H2,1-4H3. The molecule has 0 N–H and O–H groups in total. The largest absolute Gasteiger partial charge is 0.468 e. The molecular formula is C9H16O4. The van der Waals surface area contributed by atoms with Gasteiger partial charge in [0.2, 0.25) is 0 Å². The van der Waals surface area contributed by atoms with E-state index >= 15 is 0 Å². The van der Waals surface area contributed by atoms with Crippen LogP contribution in [0, 0.1) is 11.8 Å². The number of hydrogen-bond acceptors (Lipinski definition) is 4. The highest BCUT2D eigenvalue weighted by Crippen LogP contribution is 2.17. The average molecular weight is 188 g/mol. The normalized spacial score (nSPS) is 12.4. The fraction of sp³-hybridized carbons (Fsp3) is 0.778. The third-order valence-corrected chi connectivity index (χ3v) is 2.12. The summed E-state index contributed by atoms with van der Waals surface area (Å²) in [6.45, 7) is 3.72. The topological polar surface area (TPSA) is 52.6 Å². The molecule has 4 nitrogen and oxygen atoms in total. The molecule has 13 heavy (non-hydrogen) atoms. The van der Waals surface area contributed by atoms with Crippen molar-refractivity contribution in [1.82, 2.24) is 0 Å². The van der Waals surface area contributed by atoms with E-state index in [0.29, 0.717) is 0 Å². The lowest BCUT2D eigenvalue weighted by atomic mass is 9.92. The average Bonchev–Trinajstić information content (AvgIpc) is 2.16. The number of methoxy groups -OCH3 is 2. The molecular weight excluding hydrogens is 172 g/mol. The Morgan fingerprint density at radius 3 is 1.77 bits per heavy atom. The van der Waals surface area contributed by atoms with Gasteiger partial charge in [0.25, 0.3) is 0 Å². The summed E-state index contributed by atoms with van der Waals surface area (Å²) in [5.74, 6) is -1.90. The summed E-state index contributed by atoms with van der Waals surface area (Å²) in [6, 6.07) is 0. The zero-order valence-corrected chi connectivity index (χ0v) is 8.49. The number of esters is 2. The van der Waals surface area contributed by atoms with Crippen LogP contribution in [0.5, 0.6) is 0 Å². The number of carbonyl (C=O) groups is 2. The predicted molar refractivity (Wildman–Crippen MR) is 47.0 cm³/mol. The van der Waals surface area contributed by atoms with Gasteiger partial charge in [0, 0.05) is 0 Å². The van der Waals surface area contributed by atoms with Crippen molar-refractivity contribution in [1.29, 1.82) is 0 Å². The van der Waals surface area contributed by atoms with Crippen molar-refractivity contribution in [2.24, 2.45) is 11.8 Å². The van der Waals surface area contributed by atoms with Crippen LogP contribution in [0.25, 0.3) is 0 Å². The first kappa shape index (κ1) is 11.9. The highest BCUT2D eigenvalue weighted by Gasteiger charge is 2.32. The number of ether oxygens (including phenoxy) is 2. The molecule has 76 valence electrons. The molecule has 4 heteroatoms. The van der Waals surface area contributed by atoms with Crippen molar-refractivity contribution in [3.05, 3.63) is 0 Å². The van der Waals surface area contributed by atoms with E-state index in [4.69, 9.17) is 0 Å². The van der Waals surface area contributed by atoms with Gasteiger partial charge in [-0.15, -0.1) is 0 Å². The van der Waals surface area contributed by atoms with Crippen LogP contribution >= 0.6 is 0 Å². The quantitative estimate of drug-likeness (QED) is 0.487. The predicted octanol–water partition coefficient (Wildman–Crippen LogP) is 0.995. The van der Waals surface area contributed by atoms with Crippen LogP contribution in [0.2, 0.25) is 0 Å². The second-order valence-electron chi connectivity index (χ2n) is 2.91. The van der Waals surface area contributed by atoms with E-state index < -0.39 is 17.9 Å². The molecule has 0 fully saturated rings. The molecule has 0 saturated carbocycles. The third kappa shape index (κ3) is 3.05. The first-order chi connectivity index (χ1) is 6.08. The summed E-state index contributed by atoms with van der Waals surface area (Å²) in [5.41, 5.74) is 0. The minimum absolute atomic E-state index is 0.0556. The Kier molecular flexibility index (Phi) is 5.11. The van der Waals surface area contributed by atoms with Crippen LogP contribution in [0.15, 0.2) is 0 Å². The zero-order chi connectivity index (χ0) is 10.4. The van der Waals surface area contributed by atoms with Gasteiger partial charge in [0.1, 0.15) is 0 Å². The van der Waals surface area contributed by atoms with Crippen molar-refractivity contribution in [3.8, 4) is 0 Å². The summed E-state index contributed by atoms with van der Waals surface area (Å²) in [4.78, 5) is 22.4. The van der Waals surface area contributed by atoms with Gasteiger partial charge in [-0.3, -0.25) is 9.59 Å². The van der Waals surface area contributed by atoms with Gasteiger partial charge in [0.05, 0.1) is 14.2 Å². The Morgan fingerprint density at radius 2 is 1.54 bits per heavy atom. The van der Waals surface area contributed by atoms with Gasteiger partial charge in [-0.25, -0.2) is 0 Å². The van der Waals surface area contributed by atoms with E-state index in [1.165, 1.54) is 14.2 Å². The fourth-order valence-corrected chi connectivity index (χ4v) is 1.05. The van der Waals surface area contributed by atoms with Crippen LogP contribution < -0.4 is 0 Å². The summed E-state index contributed by atoms with van der Waals surface area (Å²) in [6.07, 6.45) is 0.731. The Labute approximate surface area is 78.2 Å². The highest BCUT2D eigenvalue weighted by atomic mass is 16.5. The van der Waals surface area contributed by atoms with Crippen LogP contribution in [0.4, 0.5) is 0 Å². The van der Waals surface area contributed by atoms with E-state index in [2.05, 4.69) is 9.47 Å². The molecule has 1 atom stereocenters. The fourth-order valence-electron chi connectivity index (χ4n) is 1.05. The Bertz CT molecular complexity index is 172. The highest BCUT2D eigenvalue weighted by molar-refractivity contribution is 5.95. The first-order valence-electron chi connectivity index (χ1n) is 4.24. The molecule has 0 aliphatic rings. The number of rotatable bonds is 4. The van der Waals surface area contributed by atoms with Crippen molar-refractivity contribution in [2.45, 2.75) is 20.3 Å². The molecule has 0 spiro atoms. The van der Waals surface area contributed by atoms with Gasteiger partial charge in [-0.05, 0) is 5.92 Å². The maximum absolute atomic E-state index is 11.2. The van der Waals surface area contributed by atoms with Crippen molar-refractivity contribution in [3.63, 3.8) is 0 Å². The van der Waals surface area contributed by atoms with E-state index in [9.17, 15) is 9.59 Å². The molecule has 0 saturated heterocycles. The van der Waals surface area contributed by atoms with Crippen molar-refractivity contribution >= 4 is 11.9 Å². The van der Waals surface area contributed by atoms with Crippen LogP contribution in [0.3, 0.4) is 0 Å².